The molecule has 3 rings (SSSR count). The van der Waals surface area contributed by atoms with Crippen molar-refractivity contribution < 1.29 is 4.79 Å². The Bertz CT molecular complexity index is 962. The molecule has 0 aliphatic heterocycles. The summed E-state index contributed by atoms with van der Waals surface area (Å²) in [5, 5.41) is 11.0. The highest BCUT2D eigenvalue weighted by molar-refractivity contribution is 6.31. The van der Waals surface area contributed by atoms with Gasteiger partial charge in [0.05, 0.1) is 6.54 Å². The molecule has 2 aromatic heterocycles. The Kier molecular flexibility index (Phi) is 4.30. The molecule has 0 saturated heterocycles. The summed E-state index contributed by atoms with van der Waals surface area (Å²) in [5.41, 5.74) is 0.594. The van der Waals surface area contributed by atoms with Crippen LogP contribution in [0.4, 0.5) is 0 Å². The summed E-state index contributed by atoms with van der Waals surface area (Å²) < 4.78 is 1.44. The van der Waals surface area contributed by atoms with Gasteiger partial charge < -0.3 is 10.3 Å². The van der Waals surface area contributed by atoms with Crippen molar-refractivity contribution in [2.24, 2.45) is 0 Å². The normalized spacial score (nSPS) is 11.2. The van der Waals surface area contributed by atoms with Gasteiger partial charge in [-0.05, 0) is 25.5 Å². The molecule has 0 atom stereocenters. The maximum atomic E-state index is 12.1. The Morgan fingerprint density at radius 2 is 2.12 bits per heavy atom. The highest BCUT2D eigenvalue weighted by atomic mass is 35.5. The van der Waals surface area contributed by atoms with Crippen LogP contribution in [0.3, 0.4) is 0 Å². The molecule has 1 aromatic carbocycles. The molecule has 0 aliphatic carbocycles. The zero-order chi connectivity index (χ0) is 17.3. The number of benzene rings is 1. The van der Waals surface area contributed by atoms with Crippen LogP contribution in [-0.2, 0) is 6.54 Å². The molecule has 3 aromatic rings. The van der Waals surface area contributed by atoms with Crippen molar-refractivity contribution in [2.75, 3.05) is 0 Å². The lowest BCUT2D eigenvalue weighted by Gasteiger charge is -2.08. The van der Waals surface area contributed by atoms with Crippen LogP contribution in [0.1, 0.15) is 30.0 Å². The number of aromatic amines is 1. The molecular weight excluding hydrogens is 332 g/mol. The third-order valence-corrected chi connectivity index (χ3v) is 3.66. The van der Waals surface area contributed by atoms with Crippen LogP contribution in [0.15, 0.2) is 29.1 Å². The fourth-order valence-electron chi connectivity index (χ4n) is 2.20. The number of amides is 1. The van der Waals surface area contributed by atoms with Gasteiger partial charge in [-0.2, -0.15) is 0 Å². The molecular formula is C15H15ClN6O2. The summed E-state index contributed by atoms with van der Waals surface area (Å²) in [7, 11) is 0. The second-order valence-electron chi connectivity index (χ2n) is 5.55. The molecule has 24 heavy (non-hydrogen) atoms. The lowest BCUT2D eigenvalue weighted by atomic mass is 10.2. The van der Waals surface area contributed by atoms with Crippen molar-refractivity contribution in [3.8, 4) is 0 Å². The van der Waals surface area contributed by atoms with Crippen molar-refractivity contribution in [3.63, 3.8) is 0 Å². The number of H-pyrrole nitrogens is 1. The van der Waals surface area contributed by atoms with Crippen molar-refractivity contribution in [1.29, 1.82) is 0 Å². The SMILES string of the molecule is CC(C)NC(=O)c1nc2c(nnn2Cc2ccccc2Cl)c(=O)[nH]1. The molecule has 0 spiro atoms. The van der Waals surface area contributed by atoms with Crippen LogP contribution in [0.25, 0.3) is 11.2 Å². The standard InChI is InChI=1S/C15H15ClN6O2/c1-8(2)17-15(24)12-18-13-11(14(23)19-12)20-21-22(13)7-9-5-3-4-6-10(9)16/h3-6,8H,7H2,1-2H3,(H,17,24)(H,18,19,23). The minimum absolute atomic E-state index is 0.0724. The molecule has 124 valence electrons. The minimum Gasteiger partial charge on any atom is -0.347 e. The first-order valence-corrected chi connectivity index (χ1v) is 7.71. The van der Waals surface area contributed by atoms with E-state index in [1.165, 1.54) is 4.68 Å². The van der Waals surface area contributed by atoms with Gasteiger partial charge in [-0.1, -0.05) is 35.0 Å². The summed E-state index contributed by atoms with van der Waals surface area (Å²) in [4.78, 5) is 30.8. The fourth-order valence-corrected chi connectivity index (χ4v) is 2.39. The van der Waals surface area contributed by atoms with Crippen LogP contribution >= 0.6 is 11.6 Å². The van der Waals surface area contributed by atoms with Gasteiger partial charge in [-0.25, -0.2) is 9.67 Å². The monoisotopic (exact) mass is 346 g/mol. The first kappa shape index (κ1) is 16.1. The lowest BCUT2D eigenvalue weighted by molar-refractivity contribution is 0.0932. The highest BCUT2D eigenvalue weighted by Crippen LogP contribution is 2.17. The van der Waals surface area contributed by atoms with Crippen molar-refractivity contribution >= 4 is 28.7 Å². The van der Waals surface area contributed by atoms with E-state index < -0.39 is 11.5 Å². The number of rotatable bonds is 4. The van der Waals surface area contributed by atoms with E-state index >= 15 is 0 Å². The van der Waals surface area contributed by atoms with E-state index in [-0.39, 0.29) is 29.6 Å². The molecule has 8 nitrogen and oxygen atoms in total. The summed E-state index contributed by atoms with van der Waals surface area (Å²) in [5.74, 6) is -0.543. The predicted octanol–water partition coefficient (Wildman–Crippen LogP) is 1.35. The molecule has 1 amide bonds. The second-order valence-corrected chi connectivity index (χ2v) is 5.96. The summed E-state index contributed by atoms with van der Waals surface area (Å²) in [6.07, 6.45) is 0. The van der Waals surface area contributed by atoms with Crippen LogP contribution < -0.4 is 10.9 Å². The number of halogens is 1. The Hall–Kier alpha value is -2.74. The number of carbonyl (C=O) groups excluding carboxylic acids is 1. The molecule has 0 aliphatic rings. The minimum atomic E-state index is -0.515. The topological polar surface area (TPSA) is 106 Å². The summed E-state index contributed by atoms with van der Waals surface area (Å²) in [6.45, 7) is 3.92. The first-order chi connectivity index (χ1) is 11.5. The number of nitrogens with one attached hydrogen (secondary N) is 2. The van der Waals surface area contributed by atoms with Gasteiger partial charge in [0.25, 0.3) is 11.5 Å². The zero-order valence-electron chi connectivity index (χ0n) is 13.1. The van der Waals surface area contributed by atoms with Crippen LogP contribution in [0, 0.1) is 0 Å². The van der Waals surface area contributed by atoms with Crippen LogP contribution in [-0.4, -0.2) is 36.9 Å². The number of hydrogen-bond acceptors (Lipinski definition) is 5. The number of aromatic nitrogens is 5. The van der Waals surface area contributed by atoms with Crippen LogP contribution in [0.2, 0.25) is 5.02 Å². The van der Waals surface area contributed by atoms with E-state index in [9.17, 15) is 9.59 Å². The maximum absolute atomic E-state index is 12.1. The van der Waals surface area contributed by atoms with E-state index in [1.807, 2.05) is 32.0 Å². The molecule has 0 saturated carbocycles. The Balaban J connectivity index is 2.04. The summed E-state index contributed by atoms with van der Waals surface area (Å²) in [6, 6.07) is 7.20. The molecule has 0 unspecified atom stereocenters. The number of fused-ring (bicyclic) bond motifs is 1. The van der Waals surface area contributed by atoms with Gasteiger partial charge in [0.15, 0.2) is 11.2 Å². The zero-order valence-corrected chi connectivity index (χ0v) is 13.8. The Morgan fingerprint density at radius 1 is 1.38 bits per heavy atom. The van der Waals surface area contributed by atoms with Crippen LogP contribution in [0.5, 0.6) is 0 Å². The quantitative estimate of drug-likeness (QED) is 0.742. The lowest BCUT2D eigenvalue weighted by Crippen LogP contribution is -2.33. The van der Waals surface area contributed by atoms with Gasteiger partial charge in [0.1, 0.15) is 0 Å². The molecule has 0 fully saturated rings. The van der Waals surface area contributed by atoms with Gasteiger partial charge in [0.2, 0.25) is 5.82 Å². The van der Waals surface area contributed by atoms with Gasteiger partial charge >= 0.3 is 0 Å². The molecule has 9 heteroatoms. The number of nitrogens with zero attached hydrogens (tertiary/aromatic N) is 4. The third-order valence-electron chi connectivity index (χ3n) is 3.29. The summed E-state index contributed by atoms with van der Waals surface area (Å²) >= 11 is 6.15. The average molecular weight is 347 g/mol. The largest absolute Gasteiger partial charge is 0.347 e. The van der Waals surface area contributed by atoms with Crippen molar-refractivity contribution in [3.05, 3.63) is 51.0 Å². The second kappa shape index (κ2) is 6.40. The fraction of sp³-hybridized carbons (Fsp3) is 0.267. The molecule has 2 heterocycles. The van der Waals surface area contributed by atoms with E-state index in [0.29, 0.717) is 5.02 Å². The molecule has 2 N–H and O–H groups in total. The van der Waals surface area contributed by atoms with E-state index in [1.54, 1.807) is 6.07 Å². The van der Waals surface area contributed by atoms with Gasteiger partial charge in [-0.3, -0.25) is 9.59 Å². The maximum Gasteiger partial charge on any atom is 0.287 e. The molecule has 0 radical (unpaired) electrons. The van der Waals surface area contributed by atoms with Gasteiger partial charge in [-0.15, -0.1) is 5.10 Å². The Morgan fingerprint density at radius 3 is 2.83 bits per heavy atom. The number of hydrogen-bond donors (Lipinski definition) is 2. The average Bonchev–Trinajstić information content (AvgIpc) is 2.92. The van der Waals surface area contributed by atoms with E-state index in [4.69, 9.17) is 11.6 Å². The highest BCUT2D eigenvalue weighted by Gasteiger charge is 2.17. The van der Waals surface area contributed by atoms with Crippen molar-refractivity contribution in [2.45, 2.75) is 26.4 Å². The first-order valence-electron chi connectivity index (χ1n) is 7.33. The predicted molar refractivity (Wildman–Crippen MR) is 89.1 cm³/mol. The number of carbonyl (C=O) groups is 1. The van der Waals surface area contributed by atoms with E-state index in [2.05, 4.69) is 25.6 Å². The van der Waals surface area contributed by atoms with E-state index in [0.717, 1.165) is 5.56 Å². The smallest absolute Gasteiger partial charge is 0.287 e. The van der Waals surface area contributed by atoms with Crippen molar-refractivity contribution in [1.82, 2.24) is 30.3 Å². The third kappa shape index (κ3) is 3.13. The Labute approximate surface area is 141 Å². The molecule has 0 bridgehead atoms. The van der Waals surface area contributed by atoms with Gasteiger partial charge in [0, 0.05) is 11.1 Å².